The van der Waals surface area contributed by atoms with Crippen LogP contribution in [0.5, 0.6) is 0 Å². The lowest BCUT2D eigenvalue weighted by Crippen LogP contribution is -2.47. The highest BCUT2D eigenvalue weighted by Gasteiger charge is 2.19. The Morgan fingerprint density at radius 2 is 1.80 bits per heavy atom. The van der Waals surface area contributed by atoms with Gasteiger partial charge in [-0.3, -0.25) is 19.8 Å². The fraction of sp³-hybridized carbons (Fsp3) is 0.769. The molecule has 0 aliphatic heterocycles. The average molecular weight is 287 g/mol. The third-order valence-corrected chi connectivity index (χ3v) is 2.50. The summed E-state index contributed by atoms with van der Waals surface area (Å²) in [5.41, 5.74) is 0. The van der Waals surface area contributed by atoms with Gasteiger partial charge in [0.05, 0.1) is 19.7 Å². The summed E-state index contributed by atoms with van der Waals surface area (Å²) in [6.07, 6.45) is 0.794. The summed E-state index contributed by atoms with van der Waals surface area (Å²) in [5, 5.41) is 4.77. The number of urea groups is 1. The van der Waals surface area contributed by atoms with Gasteiger partial charge in [-0.2, -0.15) is 0 Å². The lowest BCUT2D eigenvalue weighted by atomic mass is 10.3. The number of nitrogens with one attached hydrogen (secondary N) is 2. The molecule has 116 valence electrons. The largest absolute Gasteiger partial charge is 0.465 e. The zero-order chi connectivity index (χ0) is 15.5. The quantitative estimate of drug-likeness (QED) is 0.635. The van der Waals surface area contributed by atoms with Crippen LogP contribution in [0.2, 0.25) is 0 Å². The van der Waals surface area contributed by atoms with Crippen molar-refractivity contribution in [1.82, 2.24) is 15.5 Å². The molecule has 20 heavy (non-hydrogen) atoms. The Morgan fingerprint density at radius 3 is 2.30 bits per heavy atom. The average Bonchev–Trinajstić information content (AvgIpc) is 2.35. The SMILES string of the molecule is CCCNC(=O)NC(=O)CN(CC(=O)OCC)C(C)C. The van der Waals surface area contributed by atoms with E-state index in [1.807, 2.05) is 20.8 Å². The first-order chi connectivity index (χ1) is 9.40. The van der Waals surface area contributed by atoms with E-state index in [4.69, 9.17) is 4.74 Å². The zero-order valence-electron chi connectivity index (χ0n) is 12.7. The first kappa shape index (κ1) is 18.4. The van der Waals surface area contributed by atoms with Gasteiger partial charge >= 0.3 is 12.0 Å². The number of imide groups is 1. The maximum atomic E-state index is 11.7. The van der Waals surface area contributed by atoms with E-state index in [1.165, 1.54) is 0 Å². The molecule has 0 bridgehead atoms. The van der Waals surface area contributed by atoms with Gasteiger partial charge in [0.15, 0.2) is 0 Å². The summed E-state index contributed by atoms with van der Waals surface area (Å²) < 4.78 is 4.85. The summed E-state index contributed by atoms with van der Waals surface area (Å²) in [6.45, 7) is 8.18. The van der Waals surface area contributed by atoms with Crippen molar-refractivity contribution in [3.8, 4) is 0 Å². The number of nitrogens with zero attached hydrogens (tertiary/aromatic N) is 1. The summed E-state index contributed by atoms with van der Waals surface area (Å²) in [5.74, 6) is -0.832. The summed E-state index contributed by atoms with van der Waals surface area (Å²) in [6, 6.07) is -0.527. The maximum absolute atomic E-state index is 11.7. The number of hydrogen-bond donors (Lipinski definition) is 2. The van der Waals surface area contributed by atoms with Gasteiger partial charge in [-0.1, -0.05) is 6.92 Å². The minimum atomic E-state index is -0.517. The van der Waals surface area contributed by atoms with Crippen LogP contribution in [0.25, 0.3) is 0 Å². The number of hydrogen-bond acceptors (Lipinski definition) is 5. The molecule has 0 rings (SSSR count). The monoisotopic (exact) mass is 287 g/mol. The molecule has 0 fully saturated rings. The van der Waals surface area contributed by atoms with Crippen LogP contribution < -0.4 is 10.6 Å². The molecule has 3 amide bonds. The van der Waals surface area contributed by atoms with Gasteiger partial charge in [0.1, 0.15) is 0 Å². The van der Waals surface area contributed by atoms with Crippen LogP contribution in [0.1, 0.15) is 34.1 Å². The fourth-order valence-corrected chi connectivity index (χ4v) is 1.43. The van der Waals surface area contributed by atoms with Crippen LogP contribution in [0.15, 0.2) is 0 Å². The van der Waals surface area contributed by atoms with Gasteiger partial charge < -0.3 is 10.1 Å². The van der Waals surface area contributed by atoms with Crippen LogP contribution in [-0.2, 0) is 14.3 Å². The van der Waals surface area contributed by atoms with Gasteiger partial charge in [-0.25, -0.2) is 4.79 Å². The van der Waals surface area contributed by atoms with Crippen LogP contribution in [0.4, 0.5) is 4.79 Å². The third-order valence-electron chi connectivity index (χ3n) is 2.50. The Bertz CT molecular complexity index is 332. The van der Waals surface area contributed by atoms with E-state index in [1.54, 1.807) is 11.8 Å². The molecular weight excluding hydrogens is 262 g/mol. The molecule has 0 atom stereocenters. The Labute approximate surface area is 120 Å². The topological polar surface area (TPSA) is 87.7 Å². The molecule has 0 heterocycles. The summed E-state index contributed by atoms with van der Waals surface area (Å²) in [4.78, 5) is 36.1. The molecule has 0 aromatic heterocycles. The van der Waals surface area contributed by atoms with Crippen LogP contribution in [-0.4, -0.2) is 55.1 Å². The lowest BCUT2D eigenvalue weighted by Gasteiger charge is -2.24. The van der Waals surface area contributed by atoms with E-state index in [2.05, 4.69) is 10.6 Å². The van der Waals surface area contributed by atoms with Crippen molar-refractivity contribution in [3.05, 3.63) is 0 Å². The van der Waals surface area contributed by atoms with Gasteiger partial charge in [-0.15, -0.1) is 0 Å². The molecular formula is C13H25N3O4. The number of carbonyl (C=O) groups excluding carboxylic acids is 3. The Hall–Kier alpha value is -1.63. The van der Waals surface area contributed by atoms with Crippen molar-refractivity contribution < 1.29 is 19.1 Å². The Morgan fingerprint density at radius 1 is 1.15 bits per heavy atom. The zero-order valence-corrected chi connectivity index (χ0v) is 12.7. The molecule has 0 saturated carbocycles. The van der Waals surface area contributed by atoms with Crippen molar-refractivity contribution in [2.24, 2.45) is 0 Å². The molecule has 0 aromatic rings. The molecule has 2 N–H and O–H groups in total. The van der Waals surface area contributed by atoms with Gasteiger partial charge in [-0.05, 0) is 27.2 Å². The van der Waals surface area contributed by atoms with Crippen molar-refractivity contribution in [2.75, 3.05) is 26.2 Å². The molecule has 0 unspecified atom stereocenters. The van der Waals surface area contributed by atoms with E-state index >= 15 is 0 Å². The molecule has 0 aliphatic carbocycles. The highest BCUT2D eigenvalue weighted by molar-refractivity contribution is 5.95. The predicted molar refractivity (Wildman–Crippen MR) is 75.2 cm³/mol. The second-order valence-corrected chi connectivity index (χ2v) is 4.61. The number of esters is 1. The number of ether oxygens (including phenoxy) is 1. The number of carbonyl (C=O) groups is 3. The minimum absolute atomic E-state index is 0.0103. The van der Waals surface area contributed by atoms with E-state index in [9.17, 15) is 14.4 Å². The summed E-state index contributed by atoms with van der Waals surface area (Å²) in [7, 11) is 0. The lowest BCUT2D eigenvalue weighted by molar-refractivity contribution is -0.145. The Kier molecular flexibility index (Phi) is 9.36. The van der Waals surface area contributed by atoms with Gasteiger partial charge in [0.2, 0.25) is 5.91 Å². The van der Waals surface area contributed by atoms with E-state index in [0.29, 0.717) is 13.2 Å². The highest BCUT2D eigenvalue weighted by Crippen LogP contribution is 1.98. The maximum Gasteiger partial charge on any atom is 0.321 e. The molecule has 0 aromatic carbocycles. The van der Waals surface area contributed by atoms with Crippen LogP contribution in [0.3, 0.4) is 0 Å². The smallest absolute Gasteiger partial charge is 0.321 e. The highest BCUT2D eigenvalue weighted by atomic mass is 16.5. The summed E-state index contributed by atoms with van der Waals surface area (Å²) >= 11 is 0. The fourth-order valence-electron chi connectivity index (χ4n) is 1.43. The second-order valence-electron chi connectivity index (χ2n) is 4.61. The number of amides is 3. The predicted octanol–water partition coefficient (Wildman–Crippen LogP) is 0.496. The van der Waals surface area contributed by atoms with Crippen LogP contribution in [0, 0.1) is 0 Å². The second kappa shape index (κ2) is 10.2. The molecule has 7 heteroatoms. The normalized spacial score (nSPS) is 10.5. The van der Waals surface area contributed by atoms with E-state index < -0.39 is 11.9 Å². The van der Waals surface area contributed by atoms with Crippen molar-refractivity contribution in [1.29, 1.82) is 0 Å². The third kappa shape index (κ3) is 8.47. The minimum Gasteiger partial charge on any atom is -0.465 e. The van der Waals surface area contributed by atoms with Crippen molar-refractivity contribution in [2.45, 2.75) is 40.2 Å². The van der Waals surface area contributed by atoms with Gasteiger partial charge in [0, 0.05) is 12.6 Å². The van der Waals surface area contributed by atoms with E-state index in [-0.39, 0.29) is 25.1 Å². The first-order valence-corrected chi connectivity index (χ1v) is 6.88. The molecule has 0 radical (unpaired) electrons. The van der Waals surface area contributed by atoms with E-state index in [0.717, 1.165) is 6.42 Å². The van der Waals surface area contributed by atoms with Crippen LogP contribution >= 0.6 is 0 Å². The Balaban J connectivity index is 4.27. The molecule has 0 saturated heterocycles. The first-order valence-electron chi connectivity index (χ1n) is 6.88. The van der Waals surface area contributed by atoms with Crippen molar-refractivity contribution in [3.63, 3.8) is 0 Å². The molecule has 7 nitrogen and oxygen atoms in total. The standard InChI is InChI=1S/C13H25N3O4/c1-5-7-14-13(19)15-11(17)8-16(10(3)4)9-12(18)20-6-2/h10H,5-9H2,1-4H3,(H2,14,15,17,19). The molecule has 0 spiro atoms. The van der Waals surface area contributed by atoms with Crippen molar-refractivity contribution >= 4 is 17.9 Å². The molecule has 0 aliphatic rings. The van der Waals surface area contributed by atoms with Gasteiger partial charge in [0.25, 0.3) is 0 Å². The number of rotatable bonds is 8.